The Morgan fingerprint density at radius 1 is 0.842 bits per heavy atom. The van der Waals surface area contributed by atoms with Crippen molar-refractivity contribution in [1.82, 2.24) is 0 Å². The van der Waals surface area contributed by atoms with Crippen molar-refractivity contribution in [3.8, 4) is 0 Å². The molecule has 0 aliphatic carbocycles. The minimum absolute atomic E-state index is 0.194. The number of hydrogen-bond donors (Lipinski definition) is 0. The largest absolute Gasteiger partial charge is 0.288 e. The second-order valence-corrected chi connectivity index (χ2v) is 6.46. The predicted octanol–water partition coefficient (Wildman–Crippen LogP) is 5.69. The number of allylic oxidation sites excluding steroid dienone is 5. The first-order valence-electron chi connectivity index (χ1n) is 6.99. The second-order valence-electron chi connectivity index (χ2n) is 5.26. The first-order chi connectivity index (χ1) is 8.91. The number of carbonyl (C=O) groups is 1. The molecule has 0 aromatic carbocycles. The lowest BCUT2D eigenvalue weighted by Gasteiger charge is -2.01. The van der Waals surface area contributed by atoms with Gasteiger partial charge in [0, 0.05) is 12.7 Å². The second kappa shape index (κ2) is 11.1. The van der Waals surface area contributed by atoms with Crippen LogP contribution in [0.1, 0.15) is 60.3 Å². The smallest absolute Gasteiger partial charge is 0.186 e. The maximum Gasteiger partial charge on any atom is 0.186 e. The van der Waals surface area contributed by atoms with Crippen LogP contribution in [0.4, 0.5) is 0 Å². The predicted molar refractivity (Wildman–Crippen MR) is 88.6 cm³/mol. The van der Waals surface area contributed by atoms with E-state index < -0.39 is 0 Å². The van der Waals surface area contributed by atoms with Crippen molar-refractivity contribution < 1.29 is 4.79 Å². The summed E-state index contributed by atoms with van der Waals surface area (Å²) in [7, 11) is 0. The van der Waals surface area contributed by atoms with E-state index in [-0.39, 0.29) is 5.12 Å². The Hall–Kier alpha value is -0.760. The Morgan fingerprint density at radius 2 is 1.37 bits per heavy atom. The van der Waals surface area contributed by atoms with E-state index in [1.165, 1.54) is 28.5 Å². The molecule has 0 saturated carbocycles. The normalized spacial score (nSPS) is 12.5. The van der Waals surface area contributed by atoms with Crippen molar-refractivity contribution in [2.45, 2.75) is 60.3 Å². The molecular formula is C17H28OS. The van der Waals surface area contributed by atoms with Gasteiger partial charge in [0.15, 0.2) is 5.12 Å². The minimum Gasteiger partial charge on any atom is -0.288 e. The maximum atomic E-state index is 10.8. The molecule has 0 bridgehead atoms. The SMILES string of the molecule is CC(=O)SC/C=C(\C)CC/C=C(\C)CCC=C(C)C. The van der Waals surface area contributed by atoms with Gasteiger partial charge >= 0.3 is 0 Å². The molecule has 0 aromatic rings. The fraction of sp³-hybridized carbons (Fsp3) is 0.588. The van der Waals surface area contributed by atoms with Gasteiger partial charge in [-0.2, -0.15) is 0 Å². The van der Waals surface area contributed by atoms with Crippen LogP contribution in [0.2, 0.25) is 0 Å². The van der Waals surface area contributed by atoms with E-state index in [4.69, 9.17) is 0 Å². The number of thioether (sulfide) groups is 1. The van der Waals surface area contributed by atoms with E-state index in [0.717, 1.165) is 31.4 Å². The minimum atomic E-state index is 0.194. The Balaban J connectivity index is 3.86. The highest BCUT2D eigenvalue weighted by Gasteiger charge is 1.94. The molecule has 0 amide bonds. The van der Waals surface area contributed by atoms with Gasteiger partial charge in [-0.15, -0.1) is 0 Å². The molecule has 0 heterocycles. The molecule has 0 aliphatic heterocycles. The van der Waals surface area contributed by atoms with Gasteiger partial charge in [-0.05, 0) is 53.4 Å². The fourth-order valence-electron chi connectivity index (χ4n) is 1.64. The van der Waals surface area contributed by atoms with Crippen LogP contribution in [-0.4, -0.2) is 10.9 Å². The number of rotatable bonds is 8. The first kappa shape index (κ1) is 18.2. The van der Waals surface area contributed by atoms with Crippen LogP contribution >= 0.6 is 11.8 Å². The highest BCUT2D eigenvalue weighted by molar-refractivity contribution is 8.13. The van der Waals surface area contributed by atoms with Crippen LogP contribution < -0.4 is 0 Å². The molecule has 1 nitrogen and oxygen atoms in total. The zero-order chi connectivity index (χ0) is 14.7. The topological polar surface area (TPSA) is 17.1 Å². The van der Waals surface area contributed by atoms with Gasteiger partial charge in [0.2, 0.25) is 0 Å². The Morgan fingerprint density at radius 3 is 1.89 bits per heavy atom. The molecule has 0 unspecified atom stereocenters. The van der Waals surface area contributed by atoms with Gasteiger partial charge in [-0.3, -0.25) is 4.79 Å². The molecule has 0 radical (unpaired) electrons. The van der Waals surface area contributed by atoms with Crippen molar-refractivity contribution in [2.75, 3.05) is 5.75 Å². The Labute approximate surface area is 123 Å². The molecular weight excluding hydrogens is 252 g/mol. The van der Waals surface area contributed by atoms with Crippen LogP contribution in [0.3, 0.4) is 0 Å². The lowest BCUT2D eigenvalue weighted by Crippen LogP contribution is -1.85. The summed E-state index contributed by atoms with van der Waals surface area (Å²) in [4.78, 5) is 10.8. The van der Waals surface area contributed by atoms with Crippen LogP contribution in [0.5, 0.6) is 0 Å². The lowest BCUT2D eigenvalue weighted by molar-refractivity contribution is -0.109. The molecule has 0 saturated heterocycles. The van der Waals surface area contributed by atoms with E-state index in [2.05, 4.69) is 45.9 Å². The van der Waals surface area contributed by atoms with E-state index >= 15 is 0 Å². The number of carbonyl (C=O) groups excluding carboxylic acids is 1. The van der Waals surface area contributed by atoms with E-state index in [9.17, 15) is 4.79 Å². The van der Waals surface area contributed by atoms with Crippen LogP contribution in [0.25, 0.3) is 0 Å². The molecule has 2 heteroatoms. The zero-order valence-electron chi connectivity index (χ0n) is 13.1. The van der Waals surface area contributed by atoms with Crippen molar-refractivity contribution in [3.63, 3.8) is 0 Å². The van der Waals surface area contributed by atoms with Gasteiger partial charge in [0.25, 0.3) is 0 Å². The molecule has 19 heavy (non-hydrogen) atoms. The van der Waals surface area contributed by atoms with E-state index in [1.807, 2.05) is 0 Å². The van der Waals surface area contributed by atoms with Crippen LogP contribution in [0.15, 0.2) is 34.9 Å². The average molecular weight is 280 g/mol. The summed E-state index contributed by atoms with van der Waals surface area (Å²) >= 11 is 1.38. The average Bonchev–Trinajstić information content (AvgIpc) is 2.27. The lowest BCUT2D eigenvalue weighted by atomic mass is 10.1. The molecule has 0 spiro atoms. The molecule has 108 valence electrons. The van der Waals surface area contributed by atoms with Gasteiger partial charge in [0.1, 0.15) is 0 Å². The molecule has 0 N–H and O–H groups in total. The van der Waals surface area contributed by atoms with Crippen molar-refractivity contribution >= 4 is 16.9 Å². The standard InChI is InChI=1S/C17H28OS/c1-14(2)8-6-9-15(3)10-7-11-16(4)12-13-19-17(5)18/h8,10,12H,6-7,9,11,13H2,1-5H3/b15-10+,16-12+. The van der Waals surface area contributed by atoms with Crippen molar-refractivity contribution in [2.24, 2.45) is 0 Å². The third kappa shape index (κ3) is 13.5. The Bertz CT molecular complexity index is 357. The van der Waals surface area contributed by atoms with Crippen molar-refractivity contribution in [1.29, 1.82) is 0 Å². The summed E-state index contributed by atoms with van der Waals surface area (Å²) in [5.74, 6) is 0.810. The summed E-state index contributed by atoms with van der Waals surface area (Å²) in [5.41, 5.74) is 4.25. The van der Waals surface area contributed by atoms with Gasteiger partial charge < -0.3 is 0 Å². The zero-order valence-corrected chi connectivity index (χ0v) is 13.9. The van der Waals surface area contributed by atoms with Crippen molar-refractivity contribution in [3.05, 3.63) is 34.9 Å². The third-order valence-electron chi connectivity index (χ3n) is 2.84. The van der Waals surface area contributed by atoms with Gasteiger partial charge in [-0.25, -0.2) is 0 Å². The summed E-state index contributed by atoms with van der Waals surface area (Å²) in [6, 6.07) is 0. The third-order valence-corrected chi connectivity index (χ3v) is 3.58. The number of hydrogen-bond acceptors (Lipinski definition) is 2. The summed E-state index contributed by atoms with van der Waals surface area (Å²) < 4.78 is 0. The molecule has 0 aliphatic rings. The van der Waals surface area contributed by atoms with Crippen LogP contribution in [-0.2, 0) is 4.79 Å². The van der Waals surface area contributed by atoms with Gasteiger partial charge in [0.05, 0.1) is 0 Å². The molecule has 0 aromatic heterocycles. The maximum absolute atomic E-state index is 10.8. The highest BCUT2D eigenvalue weighted by Crippen LogP contribution is 2.12. The van der Waals surface area contributed by atoms with E-state index in [0.29, 0.717) is 0 Å². The molecule has 0 atom stereocenters. The van der Waals surface area contributed by atoms with Gasteiger partial charge in [-0.1, -0.05) is 46.7 Å². The first-order valence-corrected chi connectivity index (χ1v) is 7.98. The molecule has 0 fully saturated rings. The monoisotopic (exact) mass is 280 g/mol. The quantitative estimate of drug-likeness (QED) is 0.532. The summed E-state index contributed by atoms with van der Waals surface area (Å²) in [6.07, 6.45) is 11.3. The summed E-state index contributed by atoms with van der Waals surface area (Å²) in [6.45, 7) is 10.3. The van der Waals surface area contributed by atoms with E-state index in [1.54, 1.807) is 6.92 Å². The molecule has 0 rings (SSSR count). The summed E-state index contributed by atoms with van der Waals surface area (Å²) in [5, 5.41) is 0.194. The fourth-order valence-corrected chi connectivity index (χ4v) is 2.24. The van der Waals surface area contributed by atoms with Crippen LogP contribution in [0, 0.1) is 0 Å². The Kier molecular flexibility index (Phi) is 10.7. The highest BCUT2D eigenvalue weighted by atomic mass is 32.2.